The molecule has 2 aromatic heterocycles. The van der Waals surface area contributed by atoms with Crippen molar-refractivity contribution in [3.05, 3.63) is 30.0 Å². The maximum atomic E-state index is 11.1. The molecular weight excluding hydrogens is 394 g/mol. The number of aryl methyl sites for hydroxylation is 1. The van der Waals surface area contributed by atoms with Gasteiger partial charge in [-0.25, -0.2) is 0 Å². The largest absolute Gasteiger partial charge is 0.492 e. The molecule has 0 saturated heterocycles. The van der Waals surface area contributed by atoms with Gasteiger partial charge in [0.05, 0.1) is 16.3 Å². The van der Waals surface area contributed by atoms with Crippen LogP contribution in [0.5, 0.6) is 5.88 Å². The van der Waals surface area contributed by atoms with Crippen LogP contribution in [0.1, 0.15) is 5.69 Å². The lowest BCUT2D eigenvalue weighted by molar-refractivity contribution is 0.434. The SMILES string of the molecule is Cc1nn(-c2ccc(S(=O)(=O)O)cc2)c(O)c1/N=N/c1nnc(N(C)C)s1. The van der Waals surface area contributed by atoms with Crippen molar-refractivity contribution in [2.45, 2.75) is 11.8 Å². The summed E-state index contributed by atoms with van der Waals surface area (Å²) in [7, 11) is -0.643. The third-order valence-electron chi connectivity index (χ3n) is 3.41. The van der Waals surface area contributed by atoms with Crippen molar-refractivity contribution in [3.63, 3.8) is 0 Å². The van der Waals surface area contributed by atoms with Crippen molar-refractivity contribution in [2.75, 3.05) is 19.0 Å². The summed E-state index contributed by atoms with van der Waals surface area (Å²) in [6.07, 6.45) is 0. The summed E-state index contributed by atoms with van der Waals surface area (Å²) in [5.74, 6) is -0.270. The van der Waals surface area contributed by atoms with Crippen molar-refractivity contribution in [2.24, 2.45) is 10.2 Å². The van der Waals surface area contributed by atoms with Gasteiger partial charge in [-0.15, -0.1) is 20.4 Å². The summed E-state index contributed by atoms with van der Waals surface area (Å²) in [5.41, 5.74) is 0.943. The van der Waals surface area contributed by atoms with Crippen LogP contribution in [0.3, 0.4) is 0 Å². The first-order valence-electron chi connectivity index (χ1n) is 7.46. The van der Waals surface area contributed by atoms with Crippen LogP contribution in [-0.4, -0.2) is 52.2 Å². The molecule has 0 unspecified atom stereocenters. The van der Waals surface area contributed by atoms with Crippen LogP contribution in [0.2, 0.25) is 0 Å². The molecule has 2 N–H and O–H groups in total. The Balaban J connectivity index is 1.91. The van der Waals surface area contributed by atoms with Gasteiger partial charge in [0.25, 0.3) is 15.2 Å². The number of rotatable bonds is 5. The average molecular weight is 409 g/mol. The molecule has 2 heterocycles. The van der Waals surface area contributed by atoms with Gasteiger partial charge < -0.3 is 10.0 Å². The first-order valence-corrected chi connectivity index (χ1v) is 9.71. The van der Waals surface area contributed by atoms with E-state index in [4.69, 9.17) is 4.55 Å². The molecule has 11 nitrogen and oxygen atoms in total. The van der Waals surface area contributed by atoms with Crippen LogP contribution in [0.25, 0.3) is 5.69 Å². The maximum Gasteiger partial charge on any atom is 0.294 e. The molecule has 1 aromatic carbocycles. The van der Waals surface area contributed by atoms with Crippen molar-refractivity contribution in [1.29, 1.82) is 0 Å². The topological polar surface area (TPSA) is 146 Å². The van der Waals surface area contributed by atoms with E-state index in [9.17, 15) is 13.5 Å². The fourth-order valence-corrected chi connectivity index (χ4v) is 3.16. The number of aromatic nitrogens is 4. The maximum absolute atomic E-state index is 11.1. The molecule has 27 heavy (non-hydrogen) atoms. The van der Waals surface area contributed by atoms with Gasteiger partial charge in [0, 0.05) is 14.1 Å². The number of nitrogens with zero attached hydrogens (tertiary/aromatic N) is 7. The molecule has 3 rings (SSSR count). The molecule has 0 amide bonds. The van der Waals surface area contributed by atoms with Crippen LogP contribution < -0.4 is 4.90 Å². The summed E-state index contributed by atoms with van der Waals surface area (Å²) >= 11 is 1.23. The van der Waals surface area contributed by atoms with E-state index in [0.29, 0.717) is 21.6 Å². The lowest BCUT2D eigenvalue weighted by Gasteiger charge is -2.03. The summed E-state index contributed by atoms with van der Waals surface area (Å²) in [6.45, 7) is 1.64. The molecule has 0 aliphatic heterocycles. The zero-order valence-electron chi connectivity index (χ0n) is 14.5. The Kier molecular flexibility index (Phi) is 4.91. The number of anilines is 1. The predicted molar refractivity (Wildman–Crippen MR) is 98.2 cm³/mol. The average Bonchev–Trinajstić information content (AvgIpc) is 3.18. The minimum absolute atomic E-state index is 0.149. The lowest BCUT2D eigenvalue weighted by Crippen LogP contribution is -2.07. The Morgan fingerprint density at radius 3 is 2.37 bits per heavy atom. The van der Waals surface area contributed by atoms with Gasteiger partial charge in [-0.05, 0) is 31.2 Å². The first kappa shape index (κ1) is 18.9. The van der Waals surface area contributed by atoms with Crippen molar-refractivity contribution in [3.8, 4) is 11.6 Å². The second-order valence-corrected chi connectivity index (χ2v) is 7.96. The van der Waals surface area contributed by atoms with E-state index >= 15 is 0 Å². The third-order valence-corrected chi connectivity index (χ3v) is 5.25. The molecule has 13 heteroatoms. The minimum atomic E-state index is -4.30. The summed E-state index contributed by atoms with van der Waals surface area (Å²) in [6, 6.07) is 5.19. The Morgan fingerprint density at radius 1 is 1.15 bits per heavy atom. The van der Waals surface area contributed by atoms with Gasteiger partial charge in [-0.3, -0.25) is 4.55 Å². The Bertz CT molecular complexity index is 1100. The number of benzene rings is 1. The van der Waals surface area contributed by atoms with Gasteiger partial charge in [0.1, 0.15) is 0 Å². The zero-order valence-corrected chi connectivity index (χ0v) is 16.1. The highest BCUT2D eigenvalue weighted by atomic mass is 32.2. The van der Waals surface area contributed by atoms with Crippen LogP contribution in [-0.2, 0) is 10.1 Å². The summed E-state index contributed by atoms with van der Waals surface area (Å²) in [5, 5.41) is 31.4. The molecule has 0 spiro atoms. The van der Waals surface area contributed by atoms with Gasteiger partial charge in [-0.2, -0.15) is 18.2 Å². The highest BCUT2D eigenvalue weighted by molar-refractivity contribution is 7.85. The smallest absolute Gasteiger partial charge is 0.294 e. The van der Waals surface area contributed by atoms with Gasteiger partial charge in [0.15, 0.2) is 5.69 Å². The standard InChI is InChI=1S/C14H15N7O4S2/c1-8-11(15-16-13-17-18-14(26-13)20(2)3)12(22)21(19-8)9-4-6-10(7-5-9)27(23,24)25/h4-7,22H,1-3H3,(H,23,24,25)/b16-15+. The van der Waals surface area contributed by atoms with E-state index in [0.717, 1.165) is 0 Å². The lowest BCUT2D eigenvalue weighted by atomic mass is 10.3. The zero-order chi connectivity index (χ0) is 19.8. The number of aromatic hydroxyl groups is 1. The van der Waals surface area contributed by atoms with E-state index in [2.05, 4.69) is 25.5 Å². The summed E-state index contributed by atoms with van der Waals surface area (Å²) < 4.78 is 32.4. The molecule has 3 aromatic rings. The fraction of sp³-hybridized carbons (Fsp3) is 0.214. The van der Waals surface area contributed by atoms with Crippen LogP contribution in [0.15, 0.2) is 39.4 Å². The number of hydrogen-bond acceptors (Lipinski definition) is 10. The normalized spacial score (nSPS) is 12.0. The Labute approximate surface area is 158 Å². The molecule has 0 aliphatic carbocycles. The van der Waals surface area contributed by atoms with Crippen LogP contribution >= 0.6 is 11.3 Å². The molecular formula is C14H15N7O4S2. The third kappa shape index (κ3) is 3.94. The second kappa shape index (κ2) is 7.02. The molecule has 142 valence electrons. The molecule has 0 radical (unpaired) electrons. The van der Waals surface area contributed by atoms with Gasteiger partial charge >= 0.3 is 0 Å². The van der Waals surface area contributed by atoms with Crippen molar-refractivity contribution >= 4 is 37.4 Å². The molecule has 0 saturated carbocycles. The second-order valence-electron chi connectivity index (χ2n) is 5.60. The van der Waals surface area contributed by atoms with Crippen molar-refractivity contribution < 1.29 is 18.1 Å². The first-order chi connectivity index (χ1) is 12.7. The van der Waals surface area contributed by atoms with E-state index in [1.165, 1.54) is 40.3 Å². The summed E-state index contributed by atoms with van der Waals surface area (Å²) in [4.78, 5) is 1.52. The highest BCUT2D eigenvalue weighted by Gasteiger charge is 2.17. The quantitative estimate of drug-likeness (QED) is 0.482. The molecule has 0 aliphatic rings. The molecule has 0 atom stereocenters. The van der Waals surface area contributed by atoms with E-state index < -0.39 is 10.1 Å². The van der Waals surface area contributed by atoms with E-state index in [1.807, 2.05) is 14.1 Å². The van der Waals surface area contributed by atoms with Gasteiger partial charge in [0.2, 0.25) is 11.0 Å². The Morgan fingerprint density at radius 2 is 1.81 bits per heavy atom. The predicted octanol–water partition coefficient (Wildman–Crippen LogP) is 2.47. The molecule has 0 fully saturated rings. The van der Waals surface area contributed by atoms with Crippen molar-refractivity contribution in [1.82, 2.24) is 20.0 Å². The fourth-order valence-electron chi connectivity index (χ4n) is 2.09. The monoisotopic (exact) mass is 409 g/mol. The van der Waals surface area contributed by atoms with E-state index in [-0.39, 0.29) is 16.5 Å². The van der Waals surface area contributed by atoms with Crippen LogP contribution in [0.4, 0.5) is 16.0 Å². The van der Waals surface area contributed by atoms with Gasteiger partial charge in [-0.1, -0.05) is 11.3 Å². The van der Waals surface area contributed by atoms with Crippen LogP contribution in [0, 0.1) is 6.92 Å². The minimum Gasteiger partial charge on any atom is -0.492 e. The Hall–Kier alpha value is -2.90. The number of hydrogen-bond donors (Lipinski definition) is 2. The number of azo groups is 1. The highest BCUT2D eigenvalue weighted by Crippen LogP contribution is 2.34. The molecule has 0 bridgehead atoms. The van der Waals surface area contributed by atoms with E-state index in [1.54, 1.807) is 11.8 Å².